The maximum atomic E-state index is 13.8. The summed E-state index contributed by atoms with van der Waals surface area (Å²) in [5.41, 5.74) is 6.37. The third kappa shape index (κ3) is 8.87. The number of rotatable bonds is 10. The molecule has 61 heavy (non-hydrogen) atoms. The predicted octanol–water partition coefficient (Wildman–Crippen LogP) is 6.09. The van der Waals surface area contributed by atoms with Crippen molar-refractivity contribution in [3.8, 4) is 22.4 Å². The molecule has 4 fully saturated rings. The molecule has 2 N–H and O–H groups in total. The van der Waals surface area contributed by atoms with Gasteiger partial charge in [0.1, 0.15) is 6.04 Å². The summed E-state index contributed by atoms with van der Waals surface area (Å²) < 4.78 is 3.17. The smallest absolute Gasteiger partial charge is 0.329 e. The number of halogens is 1. The van der Waals surface area contributed by atoms with Crippen LogP contribution in [-0.4, -0.2) is 110 Å². The van der Waals surface area contributed by atoms with E-state index in [2.05, 4.69) is 66.7 Å². The summed E-state index contributed by atoms with van der Waals surface area (Å²) in [5, 5.41) is 6.43. The third-order valence-electron chi connectivity index (χ3n) is 13.5. The fourth-order valence-electron chi connectivity index (χ4n) is 9.93. The van der Waals surface area contributed by atoms with Gasteiger partial charge in [-0.2, -0.15) is 0 Å². The van der Waals surface area contributed by atoms with Gasteiger partial charge in [0.05, 0.1) is 27.9 Å². The Labute approximate surface area is 361 Å². The molecule has 13 nitrogen and oxygen atoms in total. The number of imidazole rings is 1. The van der Waals surface area contributed by atoms with E-state index in [-0.39, 0.29) is 35.9 Å². The number of piperazine rings is 1. The van der Waals surface area contributed by atoms with Gasteiger partial charge in [0.2, 0.25) is 23.7 Å². The molecule has 3 aliphatic heterocycles. The van der Waals surface area contributed by atoms with Gasteiger partial charge in [-0.3, -0.25) is 33.7 Å². The molecule has 2 aromatic heterocycles. The van der Waals surface area contributed by atoms with Gasteiger partial charge in [-0.15, -0.1) is 0 Å². The highest BCUT2D eigenvalue weighted by molar-refractivity contribution is 6.33. The maximum Gasteiger partial charge on any atom is 0.329 e. The number of amides is 3. The van der Waals surface area contributed by atoms with E-state index in [1.807, 2.05) is 36.4 Å². The van der Waals surface area contributed by atoms with Crippen molar-refractivity contribution in [2.75, 3.05) is 57.7 Å². The maximum absolute atomic E-state index is 13.8. The van der Waals surface area contributed by atoms with Gasteiger partial charge in [-0.1, -0.05) is 72.6 Å². The van der Waals surface area contributed by atoms with Crippen molar-refractivity contribution in [2.45, 2.75) is 69.4 Å². The Morgan fingerprint density at radius 1 is 0.803 bits per heavy atom. The number of likely N-dealkylation sites (tertiary alicyclic amines) is 1. The van der Waals surface area contributed by atoms with Crippen LogP contribution in [0.25, 0.3) is 33.4 Å². The van der Waals surface area contributed by atoms with E-state index in [9.17, 15) is 19.2 Å². The van der Waals surface area contributed by atoms with Crippen LogP contribution in [0.2, 0.25) is 5.02 Å². The second-order valence-corrected chi connectivity index (χ2v) is 17.7. The number of aryl methyl sites for hydroxylation is 1. The molecule has 1 aliphatic carbocycles. The molecule has 3 aromatic carbocycles. The number of anilines is 1. The molecule has 9 rings (SSSR count). The number of piperidine rings is 2. The van der Waals surface area contributed by atoms with E-state index in [1.165, 1.54) is 5.56 Å². The number of benzene rings is 3. The van der Waals surface area contributed by atoms with Crippen molar-refractivity contribution in [1.29, 1.82) is 0 Å². The van der Waals surface area contributed by atoms with E-state index in [0.717, 1.165) is 119 Å². The van der Waals surface area contributed by atoms with Crippen molar-refractivity contribution in [3.63, 3.8) is 0 Å². The van der Waals surface area contributed by atoms with Crippen LogP contribution in [-0.2, 0) is 21.4 Å². The summed E-state index contributed by atoms with van der Waals surface area (Å²) in [7, 11) is 1.75. The molecular weight excluding hydrogens is 790 g/mol. The average molecular weight is 844 g/mol. The summed E-state index contributed by atoms with van der Waals surface area (Å²) in [4.78, 5) is 67.9. The van der Waals surface area contributed by atoms with E-state index in [4.69, 9.17) is 16.6 Å². The molecule has 3 saturated heterocycles. The first-order chi connectivity index (χ1) is 29.7. The predicted molar refractivity (Wildman–Crippen MR) is 237 cm³/mol. The Hall–Kier alpha value is -5.37. The minimum Gasteiger partial charge on any atom is -0.351 e. The Balaban J connectivity index is 0.730. The molecule has 1 unspecified atom stereocenters. The molecular formula is C47H54ClN9O4. The number of hydrogen-bond acceptors (Lipinski definition) is 9. The molecule has 3 amide bonds. The monoisotopic (exact) mass is 843 g/mol. The van der Waals surface area contributed by atoms with Crippen LogP contribution < -0.4 is 16.3 Å². The second kappa shape index (κ2) is 17.9. The number of fused-ring (bicyclic) bond motifs is 1. The van der Waals surface area contributed by atoms with E-state index in [0.29, 0.717) is 29.0 Å². The van der Waals surface area contributed by atoms with Gasteiger partial charge in [-0.25, -0.2) is 14.8 Å². The lowest BCUT2D eigenvalue weighted by atomic mass is 9.84. The molecule has 1 saturated carbocycles. The first kappa shape index (κ1) is 41.0. The zero-order valence-corrected chi connectivity index (χ0v) is 35.5. The molecule has 5 heterocycles. The molecule has 0 radical (unpaired) electrons. The number of nitrogens with one attached hydrogen (secondary N) is 2. The third-order valence-corrected chi connectivity index (χ3v) is 13.7. The van der Waals surface area contributed by atoms with Gasteiger partial charge in [0.25, 0.3) is 0 Å². The first-order valence-corrected chi connectivity index (χ1v) is 22.3. The van der Waals surface area contributed by atoms with Crippen LogP contribution in [0.15, 0.2) is 83.8 Å². The lowest BCUT2D eigenvalue weighted by molar-refractivity contribution is -0.138. The minimum atomic E-state index is -0.679. The molecule has 5 aromatic rings. The standard InChI is InChI=1S/C47H54ClN9O4/c1-53-41-29-34(13-14-39(41)57(47(53)61)40-15-16-42(58)51-44(40)59)32-17-19-54(20-18-32)21-22-55-23-25-56(26-24-55)45(60)36-11-6-12-37(28-36)50-46-49-30-38(48)43(52-46)35-10-5-9-33(27-35)31-7-3-2-4-8-31/h2-5,7-10,13-14,27,29-30,32,36-37,40H,6,11-12,15-26,28H2,1H3,(H,49,50,52)(H,51,58,59)/t36-,37+,40?/m0/s1. The van der Waals surface area contributed by atoms with Crippen LogP contribution in [0.4, 0.5) is 5.95 Å². The average Bonchev–Trinajstić information content (AvgIpc) is 3.54. The SMILES string of the molecule is Cn1c(=O)n(C2CCC(=O)NC2=O)c2ccc(C3CCN(CCN4CCN(C(=O)[C@H]5CCC[C@@H](Nc6ncc(Cl)c(-c7cccc(-c8ccccc8)c7)n6)C5)CC4)CC3)cc21. The quantitative estimate of drug-likeness (QED) is 0.160. The van der Waals surface area contributed by atoms with Gasteiger partial charge >= 0.3 is 5.69 Å². The molecule has 4 aliphatic rings. The summed E-state index contributed by atoms with van der Waals surface area (Å²) in [6.45, 7) is 7.32. The number of hydrogen-bond donors (Lipinski definition) is 2. The topological polar surface area (TPSA) is 138 Å². The summed E-state index contributed by atoms with van der Waals surface area (Å²) >= 11 is 6.63. The Kier molecular flexibility index (Phi) is 12.0. The molecule has 318 valence electrons. The van der Waals surface area contributed by atoms with Crippen molar-refractivity contribution in [2.24, 2.45) is 13.0 Å². The lowest BCUT2D eigenvalue weighted by Gasteiger charge is -2.39. The van der Waals surface area contributed by atoms with Crippen LogP contribution in [0.5, 0.6) is 0 Å². The van der Waals surface area contributed by atoms with Crippen molar-refractivity contribution in [3.05, 3.63) is 100 Å². The Morgan fingerprint density at radius 3 is 2.31 bits per heavy atom. The molecule has 3 atom stereocenters. The minimum absolute atomic E-state index is 0.00995. The van der Waals surface area contributed by atoms with Crippen LogP contribution >= 0.6 is 11.6 Å². The van der Waals surface area contributed by atoms with Gasteiger partial charge in [0, 0.05) is 70.3 Å². The van der Waals surface area contributed by atoms with Crippen molar-refractivity contribution < 1.29 is 14.4 Å². The summed E-state index contributed by atoms with van der Waals surface area (Å²) in [5.74, 6) is 0.494. The largest absolute Gasteiger partial charge is 0.351 e. The van der Waals surface area contributed by atoms with Crippen molar-refractivity contribution >= 4 is 46.3 Å². The van der Waals surface area contributed by atoms with E-state index >= 15 is 0 Å². The normalized spacial score (nSPS) is 22.1. The summed E-state index contributed by atoms with van der Waals surface area (Å²) in [6, 6.07) is 24.1. The highest BCUT2D eigenvalue weighted by Gasteiger charge is 2.34. The number of imide groups is 1. The van der Waals surface area contributed by atoms with Crippen LogP contribution in [0, 0.1) is 5.92 Å². The fraction of sp³-hybridized carbons (Fsp3) is 0.447. The molecule has 0 bridgehead atoms. The lowest BCUT2D eigenvalue weighted by Crippen LogP contribution is -2.52. The number of nitrogens with zero attached hydrogens (tertiary/aromatic N) is 7. The zero-order valence-electron chi connectivity index (χ0n) is 34.8. The Morgan fingerprint density at radius 2 is 1.54 bits per heavy atom. The zero-order chi connectivity index (χ0) is 42.0. The summed E-state index contributed by atoms with van der Waals surface area (Å²) in [6.07, 6.45) is 7.93. The van der Waals surface area contributed by atoms with E-state index < -0.39 is 11.9 Å². The highest BCUT2D eigenvalue weighted by Crippen LogP contribution is 2.34. The Bertz CT molecular complexity index is 2470. The van der Waals surface area contributed by atoms with Crippen LogP contribution in [0.1, 0.15) is 68.9 Å². The van der Waals surface area contributed by atoms with E-state index in [1.54, 1.807) is 22.4 Å². The first-order valence-electron chi connectivity index (χ1n) is 21.9. The number of carbonyl (C=O) groups excluding carboxylic acids is 3. The number of aromatic nitrogens is 4. The van der Waals surface area contributed by atoms with Gasteiger partial charge < -0.3 is 15.1 Å². The highest BCUT2D eigenvalue weighted by atomic mass is 35.5. The molecule has 0 spiro atoms. The van der Waals surface area contributed by atoms with Gasteiger partial charge in [-0.05, 0) is 92.4 Å². The second-order valence-electron chi connectivity index (χ2n) is 17.3. The number of carbonyl (C=O) groups is 3. The molecule has 14 heteroatoms. The van der Waals surface area contributed by atoms with Gasteiger partial charge in [0.15, 0.2) is 0 Å². The fourth-order valence-corrected chi connectivity index (χ4v) is 10.1. The van der Waals surface area contributed by atoms with Crippen molar-refractivity contribution in [1.82, 2.24) is 39.1 Å². The van der Waals surface area contributed by atoms with Crippen LogP contribution in [0.3, 0.4) is 0 Å².